The minimum atomic E-state index is 0.558. The third-order valence-electron chi connectivity index (χ3n) is 3.81. The van der Waals surface area contributed by atoms with Gasteiger partial charge in [-0.3, -0.25) is 4.68 Å². The van der Waals surface area contributed by atoms with E-state index in [0.717, 1.165) is 48.3 Å². The number of aryl methyl sites for hydroxylation is 2. The Morgan fingerprint density at radius 1 is 1.53 bits per heavy atom. The minimum Gasteiger partial charge on any atom is -0.375 e. The van der Waals surface area contributed by atoms with Gasteiger partial charge in [-0.05, 0) is 44.7 Å². The fourth-order valence-electron chi connectivity index (χ4n) is 2.57. The average molecular weight is 286 g/mol. The third kappa shape index (κ3) is 3.94. The maximum Gasteiger partial charge on any atom is 0.0899 e. The summed E-state index contributed by atoms with van der Waals surface area (Å²) in [5.41, 5.74) is 1.94. The number of aromatic nitrogens is 2. The number of hydrogen-bond acceptors (Lipinski definition) is 3. The first-order valence-corrected chi connectivity index (χ1v) is 7.58. The van der Waals surface area contributed by atoms with Crippen molar-refractivity contribution in [3.63, 3.8) is 0 Å². The van der Waals surface area contributed by atoms with Crippen molar-refractivity contribution in [3.8, 4) is 0 Å². The molecule has 2 rings (SSSR count). The Labute approximate surface area is 120 Å². The summed E-state index contributed by atoms with van der Waals surface area (Å²) in [7, 11) is 1.93. The standard InChI is InChI=1S/C14H24ClN3O/c1-3-12-14(15)13(18(2)17-12)10-19-8-6-11-5-4-7-16-9-11/h11,16H,3-10H2,1-2H3. The van der Waals surface area contributed by atoms with E-state index < -0.39 is 0 Å². The molecule has 19 heavy (non-hydrogen) atoms. The van der Waals surface area contributed by atoms with Gasteiger partial charge >= 0.3 is 0 Å². The second-order valence-electron chi connectivity index (χ2n) is 5.24. The van der Waals surface area contributed by atoms with Gasteiger partial charge in [0.2, 0.25) is 0 Å². The largest absolute Gasteiger partial charge is 0.375 e. The lowest BCUT2D eigenvalue weighted by atomic mass is 9.97. The Hall–Kier alpha value is -0.580. The van der Waals surface area contributed by atoms with E-state index in [1.165, 1.54) is 19.4 Å². The number of ether oxygens (including phenoxy) is 1. The van der Waals surface area contributed by atoms with Crippen molar-refractivity contribution in [2.45, 2.75) is 39.2 Å². The van der Waals surface area contributed by atoms with E-state index in [4.69, 9.17) is 16.3 Å². The van der Waals surface area contributed by atoms with Gasteiger partial charge in [0.25, 0.3) is 0 Å². The summed E-state index contributed by atoms with van der Waals surface area (Å²) >= 11 is 6.28. The van der Waals surface area contributed by atoms with Crippen LogP contribution in [0.3, 0.4) is 0 Å². The van der Waals surface area contributed by atoms with E-state index in [-0.39, 0.29) is 0 Å². The van der Waals surface area contributed by atoms with Crippen LogP contribution in [0.5, 0.6) is 0 Å². The van der Waals surface area contributed by atoms with Gasteiger partial charge in [-0.1, -0.05) is 18.5 Å². The Kier molecular flexibility index (Phi) is 5.67. The molecule has 5 heteroatoms. The molecule has 1 aromatic heterocycles. The van der Waals surface area contributed by atoms with Crippen molar-refractivity contribution in [3.05, 3.63) is 16.4 Å². The molecule has 0 aromatic carbocycles. The number of rotatable bonds is 6. The molecule has 0 spiro atoms. The van der Waals surface area contributed by atoms with Crippen LogP contribution >= 0.6 is 11.6 Å². The van der Waals surface area contributed by atoms with E-state index >= 15 is 0 Å². The van der Waals surface area contributed by atoms with Gasteiger partial charge in [0, 0.05) is 13.7 Å². The van der Waals surface area contributed by atoms with Gasteiger partial charge in [0.1, 0.15) is 0 Å². The summed E-state index contributed by atoms with van der Waals surface area (Å²) in [5, 5.41) is 8.59. The first kappa shape index (κ1) is 14.8. The van der Waals surface area contributed by atoms with Gasteiger partial charge in [-0.15, -0.1) is 0 Å². The van der Waals surface area contributed by atoms with Crippen molar-refractivity contribution in [2.75, 3.05) is 19.7 Å². The van der Waals surface area contributed by atoms with Crippen molar-refractivity contribution in [1.29, 1.82) is 0 Å². The fraction of sp³-hybridized carbons (Fsp3) is 0.786. The number of halogens is 1. The van der Waals surface area contributed by atoms with Crippen molar-refractivity contribution in [1.82, 2.24) is 15.1 Å². The first-order valence-electron chi connectivity index (χ1n) is 7.21. The molecule has 0 aliphatic carbocycles. The van der Waals surface area contributed by atoms with E-state index in [2.05, 4.69) is 17.3 Å². The molecule has 0 radical (unpaired) electrons. The highest BCUT2D eigenvalue weighted by atomic mass is 35.5. The quantitative estimate of drug-likeness (QED) is 0.817. The number of nitrogens with one attached hydrogen (secondary N) is 1. The number of nitrogens with zero attached hydrogens (tertiary/aromatic N) is 2. The predicted octanol–water partition coefficient (Wildman–Crippen LogP) is 2.54. The minimum absolute atomic E-state index is 0.558. The maximum absolute atomic E-state index is 6.28. The van der Waals surface area contributed by atoms with E-state index in [9.17, 15) is 0 Å². The van der Waals surface area contributed by atoms with Crippen LogP contribution in [0.4, 0.5) is 0 Å². The molecule has 1 aromatic rings. The zero-order chi connectivity index (χ0) is 13.7. The zero-order valence-corrected chi connectivity index (χ0v) is 12.7. The molecule has 2 heterocycles. The molecule has 1 unspecified atom stereocenters. The van der Waals surface area contributed by atoms with Crippen LogP contribution < -0.4 is 5.32 Å². The highest BCUT2D eigenvalue weighted by molar-refractivity contribution is 6.31. The zero-order valence-electron chi connectivity index (χ0n) is 11.9. The first-order chi connectivity index (χ1) is 9.22. The Morgan fingerprint density at radius 3 is 3.00 bits per heavy atom. The molecule has 0 amide bonds. The highest BCUT2D eigenvalue weighted by Crippen LogP contribution is 2.22. The van der Waals surface area contributed by atoms with Crippen molar-refractivity contribution < 1.29 is 4.74 Å². The molecule has 1 aliphatic rings. The molecule has 0 bridgehead atoms. The molecule has 0 saturated carbocycles. The van der Waals surface area contributed by atoms with Gasteiger partial charge < -0.3 is 10.1 Å². The van der Waals surface area contributed by atoms with Crippen LogP contribution in [0.1, 0.15) is 37.6 Å². The second kappa shape index (κ2) is 7.27. The third-order valence-corrected chi connectivity index (χ3v) is 4.25. The average Bonchev–Trinajstić information content (AvgIpc) is 2.71. The fourth-order valence-corrected chi connectivity index (χ4v) is 2.91. The van der Waals surface area contributed by atoms with Crippen LogP contribution in [0, 0.1) is 5.92 Å². The maximum atomic E-state index is 6.28. The van der Waals surface area contributed by atoms with Crippen LogP contribution in [-0.4, -0.2) is 29.5 Å². The normalized spacial score (nSPS) is 19.8. The molecule has 4 nitrogen and oxygen atoms in total. The van der Waals surface area contributed by atoms with E-state index in [1.807, 2.05) is 11.7 Å². The molecule has 108 valence electrons. The summed E-state index contributed by atoms with van der Waals surface area (Å²) in [6.45, 7) is 5.73. The summed E-state index contributed by atoms with van der Waals surface area (Å²) < 4.78 is 7.61. The van der Waals surface area contributed by atoms with E-state index in [0.29, 0.717) is 6.61 Å². The summed E-state index contributed by atoms with van der Waals surface area (Å²) in [6, 6.07) is 0. The number of hydrogen-bond donors (Lipinski definition) is 1. The molecular formula is C14H24ClN3O. The topological polar surface area (TPSA) is 39.1 Å². The number of piperidine rings is 1. The van der Waals surface area contributed by atoms with Crippen LogP contribution in [0.2, 0.25) is 5.02 Å². The van der Waals surface area contributed by atoms with Gasteiger partial charge in [-0.25, -0.2) is 0 Å². The lowest BCUT2D eigenvalue weighted by molar-refractivity contribution is 0.0990. The predicted molar refractivity (Wildman–Crippen MR) is 77.5 cm³/mol. The van der Waals surface area contributed by atoms with Crippen LogP contribution in [-0.2, 0) is 24.8 Å². The van der Waals surface area contributed by atoms with Gasteiger partial charge in [-0.2, -0.15) is 5.10 Å². The van der Waals surface area contributed by atoms with Gasteiger partial charge in [0.05, 0.1) is 23.0 Å². The van der Waals surface area contributed by atoms with Crippen LogP contribution in [0.25, 0.3) is 0 Å². The SMILES string of the molecule is CCc1nn(C)c(COCCC2CCCNC2)c1Cl. The molecule has 1 N–H and O–H groups in total. The molecule has 1 aliphatic heterocycles. The monoisotopic (exact) mass is 285 g/mol. The molecular weight excluding hydrogens is 262 g/mol. The Bertz CT molecular complexity index is 400. The van der Waals surface area contributed by atoms with Crippen molar-refractivity contribution in [2.24, 2.45) is 13.0 Å². The summed E-state index contributed by atoms with van der Waals surface area (Å²) in [4.78, 5) is 0. The Morgan fingerprint density at radius 2 is 2.37 bits per heavy atom. The summed E-state index contributed by atoms with van der Waals surface area (Å²) in [6.07, 6.45) is 4.60. The molecule has 1 fully saturated rings. The van der Waals surface area contributed by atoms with E-state index in [1.54, 1.807) is 0 Å². The molecule has 1 saturated heterocycles. The smallest absolute Gasteiger partial charge is 0.0899 e. The van der Waals surface area contributed by atoms with Gasteiger partial charge in [0.15, 0.2) is 0 Å². The lowest BCUT2D eigenvalue weighted by Crippen LogP contribution is -2.30. The molecule has 1 atom stereocenters. The summed E-state index contributed by atoms with van der Waals surface area (Å²) in [5.74, 6) is 0.766. The second-order valence-corrected chi connectivity index (χ2v) is 5.62. The van der Waals surface area contributed by atoms with Crippen LogP contribution in [0.15, 0.2) is 0 Å². The Balaban J connectivity index is 1.74. The lowest BCUT2D eigenvalue weighted by Gasteiger charge is -2.22. The highest BCUT2D eigenvalue weighted by Gasteiger charge is 2.14. The van der Waals surface area contributed by atoms with Crippen molar-refractivity contribution >= 4 is 11.6 Å².